The molecule has 1 fully saturated rings. The largest absolute Gasteiger partial charge is 0.497 e. The van der Waals surface area contributed by atoms with Gasteiger partial charge in [0.05, 0.1) is 48.9 Å². The van der Waals surface area contributed by atoms with Gasteiger partial charge in [-0.15, -0.1) is 0 Å². The number of thioether (sulfide) groups is 1. The van der Waals surface area contributed by atoms with Crippen molar-refractivity contribution in [3.63, 3.8) is 0 Å². The topological polar surface area (TPSA) is 99.2 Å². The standard InChI is InChI=1S/C24H20F3N7O2S/c1-36-18-4-3-16(19(10-18)24(25,26)27)12-34-20-5-2-15(8-17(20)11-30-34)9-21-22(35)32-23(37-21)29-6-7-33-14-28-13-31-33/h2-5,8-11,13-14H,6-7,12H2,1H3,(H,29,32,35)/b21-9-. The van der Waals surface area contributed by atoms with Gasteiger partial charge in [-0.25, -0.2) is 4.98 Å². The van der Waals surface area contributed by atoms with Crippen molar-refractivity contribution in [2.75, 3.05) is 13.7 Å². The number of hydrogen-bond donors (Lipinski definition) is 1. The van der Waals surface area contributed by atoms with Crippen LogP contribution in [0.5, 0.6) is 5.75 Å². The maximum atomic E-state index is 13.6. The van der Waals surface area contributed by atoms with E-state index in [9.17, 15) is 18.0 Å². The molecule has 0 unspecified atom stereocenters. The molecule has 1 aliphatic rings. The summed E-state index contributed by atoms with van der Waals surface area (Å²) >= 11 is 1.24. The molecule has 2 aromatic heterocycles. The first-order chi connectivity index (χ1) is 17.8. The van der Waals surface area contributed by atoms with E-state index < -0.39 is 11.7 Å². The molecule has 3 heterocycles. The van der Waals surface area contributed by atoms with Crippen LogP contribution in [0.4, 0.5) is 13.2 Å². The number of halogens is 3. The highest BCUT2D eigenvalue weighted by Gasteiger charge is 2.34. The van der Waals surface area contributed by atoms with Crippen LogP contribution >= 0.6 is 11.8 Å². The predicted molar refractivity (Wildman–Crippen MR) is 133 cm³/mol. The number of amides is 1. The molecule has 1 N–H and O–H groups in total. The molecule has 37 heavy (non-hydrogen) atoms. The molecule has 0 aliphatic carbocycles. The van der Waals surface area contributed by atoms with Crippen LogP contribution in [0.15, 0.2) is 65.1 Å². The number of fused-ring (bicyclic) bond motifs is 1. The van der Waals surface area contributed by atoms with Crippen LogP contribution in [-0.2, 0) is 24.1 Å². The SMILES string of the molecule is COc1ccc(Cn2ncc3cc(/C=C4\SC(=NCCn5cncn5)NC4=O)ccc32)c(C(F)(F)F)c1. The fraction of sp³-hybridized carbons (Fsp3) is 0.208. The van der Waals surface area contributed by atoms with E-state index in [1.165, 1.54) is 42.0 Å². The minimum absolute atomic E-state index is 0.0601. The molecule has 0 spiro atoms. The van der Waals surface area contributed by atoms with Crippen molar-refractivity contribution in [1.82, 2.24) is 29.9 Å². The summed E-state index contributed by atoms with van der Waals surface area (Å²) in [6.07, 6.45) is 1.84. The van der Waals surface area contributed by atoms with Gasteiger partial charge in [0.25, 0.3) is 5.91 Å². The highest BCUT2D eigenvalue weighted by molar-refractivity contribution is 8.18. The Bertz CT molecular complexity index is 1510. The summed E-state index contributed by atoms with van der Waals surface area (Å²) < 4.78 is 48.9. The fourth-order valence-corrected chi connectivity index (χ4v) is 4.67. The number of aromatic nitrogens is 5. The number of carbonyl (C=O) groups is 1. The molecule has 190 valence electrons. The number of aliphatic imine (C=N–C) groups is 1. The zero-order valence-electron chi connectivity index (χ0n) is 19.4. The summed E-state index contributed by atoms with van der Waals surface area (Å²) in [5.74, 6) is -0.115. The number of rotatable bonds is 7. The number of benzene rings is 2. The Kier molecular flexibility index (Phi) is 6.70. The van der Waals surface area contributed by atoms with Crippen LogP contribution in [-0.4, -0.2) is 49.3 Å². The van der Waals surface area contributed by atoms with E-state index >= 15 is 0 Å². The molecular weight excluding hydrogens is 507 g/mol. The molecule has 4 aromatic rings. The van der Waals surface area contributed by atoms with E-state index in [0.717, 1.165) is 17.0 Å². The van der Waals surface area contributed by atoms with Crippen molar-refractivity contribution in [2.24, 2.45) is 4.99 Å². The second-order valence-electron chi connectivity index (χ2n) is 8.05. The first-order valence-electron chi connectivity index (χ1n) is 11.1. The minimum atomic E-state index is -4.52. The van der Waals surface area contributed by atoms with Gasteiger partial charge in [0.1, 0.15) is 18.4 Å². The van der Waals surface area contributed by atoms with E-state index in [2.05, 4.69) is 25.5 Å². The van der Waals surface area contributed by atoms with Gasteiger partial charge in [0.2, 0.25) is 0 Å². The third-order valence-corrected chi connectivity index (χ3v) is 6.56. The third-order valence-electron chi connectivity index (χ3n) is 5.61. The van der Waals surface area contributed by atoms with Crippen molar-refractivity contribution in [3.8, 4) is 5.75 Å². The van der Waals surface area contributed by atoms with Gasteiger partial charge in [-0.1, -0.05) is 12.1 Å². The maximum Gasteiger partial charge on any atom is 0.416 e. The monoisotopic (exact) mass is 527 g/mol. The maximum absolute atomic E-state index is 13.6. The molecular formula is C24H20F3N7O2S. The molecule has 13 heteroatoms. The van der Waals surface area contributed by atoms with Gasteiger partial charge >= 0.3 is 6.18 Å². The van der Waals surface area contributed by atoms with Crippen molar-refractivity contribution in [2.45, 2.75) is 19.3 Å². The zero-order valence-corrected chi connectivity index (χ0v) is 20.3. The summed E-state index contributed by atoms with van der Waals surface area (Å²) in [7, 11) is 1.32. The highest BCUT2D eigenvalue weighted by atomic mass is 32.2. The first-order valence-corrected chi connectivity index (χ1v) is 11.9. The smallest absolute Gasteiger partial charge is 0.416 e. The van der Waals surface area contributed by atoms with Gasteiger partial charge < -0.3 is 10.1 Å². The lowest BCUT2D eigenvalue weighted by molar-refractivity contribution is -0.138. The van der Waals surface area contributed by atoms with E-state index in [0.29, 0.717) is 28.7 Å². The van der Waals surface area contributed by atoms with E-state index in [1.54, 1.807) is 35.4 Å². The molecule has 0 saturated carbocycles. The lowest BCUT2D eigenvalue weighted by Gasteiger charge is -2.14. The Hall–Kier alpha value is -4.13. The minimum Gasteiger partial charge on any atom is -0.497 e. The summed E-state index contributed by atoms with van der Waals surface area (Å²) in [4.78, 5) is 21.1. The Morgan fingerprint density at radius 1 is 1.19 bits per heavy atom. The highest BCUT2D eigenvalue weighted by Crippen LogP contribution is 2.35. The van der Waals surface area contributed by atoms with Crippen molar-refractivity contribution < 1.29 is 22.7 Å². The second kappa shape index (κ2) is 10.1. The lowest BCUT2D eigenvalue weighted by atomic mass is 10.1. The molecule has 1 amide bonds. The molecule has 1 aliphatic heterocycles. The van der Waals surface area contributed by atoms with Gasteiger partial charge in [0, 0.05) is 5.39 Å². The number of methoxy groups -OCH3 is 1. The summed E-state index contributed by atoms with van der Waals surface area (Å²) in [6.45, 7) is 0.921. The molecule has 0 radical (unpaired) electrons. The molecule has 0 bridgehead atoms. The quantitative estimate of drug-likeness (QED) is 0.366. The summed E-state index contributed by atoms with van der Waals surface area (Å²) in [6, 6.07) is 9.28. The Morgan fingerprint density at radius 3 is 2.81 bits per heavy atom. The summed E-state index contributed by atoms with van der Waals surface area (Å²) in [5, 5.41) is 12.3. The molecule has 1 saturated heterocycles. The molecule has 5 rings (SSSR count). The zero-order chi connectivity index (χ0) is 26.0. The Labute approximate surface area is 213 Å². The number of ether oxygens (including phenoxy) is 1. The third kappa shape index (κ3) is 5.50. The Morgan fingerprint density at radius 2 is 2.05 bits per heavy atom. The molecule has 9 nitrogen and oxygen atoms in total. The van der Waals surface area contributed by atoms with E-state index in [-0.39, 0.29) is 23.8 Å². The van der Waals surface area contributed by atoms with E-state index in [4.69, 9.17) is 4.74 Å². The van der Waals surface area contributed by atoms with Crippen LogP contribution in [0.2, 0.25) is 0 Å². The fourth-order valence-electron chi connectivity index (χ4n) is 3.82. The average molecular weight is 528 g/mol. The van der Waals surface area contributed by atoms with Crippen LogP contribution in [0, 0.1) is 0 Å². The van der Waals surface area contributed by atoms with Crippen molar-refractivity contribution in [1.29, 1.82) is 0 Å². The number of nitrogens with one attached hydrogen (secondary N) is 1. The molecule has 2 aromatic carbocycles. The van der Waals surface area contributed by atoms with Gasteiger partial charge in [-0.2, -0.15) is 23.4 Å². The van der Waals surface area contributed by atoms with Gasteiger partial charge in [-0.3, -0.25) is 19.2 Å². The number of amidine groups is 1. The first kappa shape index (κ1) is 24.6. The van der Waals surface area contributed by atoms with Gasteiger partial charge in [-0.05, 0) is 53.2 Å². The Balaban J connectivity index is 1.33. The van der Waals surface area contributed by atoms with Crippen molar-refractivity contribution >= 4 is 39.8 Å². The van der Waals surface area contributed by atoms with Gasteiger partial charge in [0.15, 0.2) is 5.17 Å². The average Bonchev–Trinajstić information content (AvgIpc) is 3.60. The van der Waals surface area contributed by atoms with E-state index in [1.807, 2.05) is 6.07 Å². The number of carbonyl (C=O) groups excluding carboxylic acids is 1. The normalized spacial score (nSPS) is 16.2. The number of alkyl halides is 3. The predicted octanol–water partition coefficient (Wildman–Crippen LogP) is 3.96. The lowest BCUT2D eigenvalue weighted by Crippen LogP contribution is -2.20. The van der Waals surface area contributed by atoms with Crippen LogP contribution in [0.25, 0.3) is 17.0 Å². The summed E-state index contributed by atoms with van der Waals surface area (Å²) in [5.41, 5.74) is 0.748. The van der Waals surface area contributed by atoms with Crippen LogP contribution in [0.1, 0.15) is 16.7 Å². The van der Waals surface area contributed by atoms with Crippen molar-refractivity contribution in [3.05, 3.63) is 76.8 Å². The second-order valence-corrected chi connectivity index (χ2v) is 9.08. The van der Waals surface area contributed by atoms with Crippen LogP contribution in [0.3, 0.4) is 0 Å². The number of nitrogens with zero attached hydrogens (tertiary/aromatic N) is 6. The molecule has 0 atom stereocenters. The van der Waals surface area contributed by atoms with Crippen LogP contribution < -0.4 is 10.1 Å². The number of hydrogen-bond acceptors (Lipinski definition) is 7.